The van der Waals surface area contributed by atoms with Crippen molar-refractivity contribution < 1.29 is 9.66 Å². The van der Waals surface area contributed by atoms with Crippen molar-refractivity contribution >= 4 is 11.4 Å². The molecular formula is C13H20N2O3. The molecule has 5 nitrogen and oxygen atoms in total. The fourth-order valence-electron chi connectivity index (χ4n) is 2.03. The third-order valence-electron chi connectivity index (χ3n) is 2.75. The summed E-state index contributed by atoms with van der Waals surface area (Å²) >= 11 is 0. The topological polar surface area (TPSA) is 64.4 Å². The molecule has 0 bridgehead atoms. The average Bonchev–Trinajstić information content (AvgIpc) is 2.27. The van der Waals surface area contributed by atoms with E-state index in [2.05, 4.69) is 12.2 Å². The lowest BCUT2D eigenvalue weighted by atomic mass is 9.98. The zero-order valence-electron chi connectivity index (χ0n) is 11.3. The average molecular weight is 252 g/mol. The van der Waals surface area contributed by atoms with Gasteiger partial charge in [-0.2, -0.15) is 0 Å². The van der Waals surface area contributed by atoms with Gasteiger partial charge in [0, 0.05) is 5.54 Å². The van der Waals surface area contributed by atoms with E-state index in [1.54, 1.807) is 18.2 Å². The minimum Gasteiger partial charge on any atom is -0.490 e. The first-order valence-corrected chi connectivity index (χ1v) is 6.01. The molecule has 0 spiro atoms. The van der Waals surface area contributed by atoms with Crippen LogP contribution in [0.15, 0.2) is 18.2 Å². The van der Waals surface area contributed by atoms with Gasteiger partial charge in [-0.05, 0) is 32.4 Å². The second-order valence-corrected chi connectivity index (χ2v) is 4.87. The van der Waals surface area contributed by atoms with Crippen LogP contribution in [0.2, 0.25) is 0 Å². The van der Waals surface area contributed by atoms with E-state index in [0.29, 0.717) is 5.69 Å². The van der Waals surface area contributed by atoms with E-state index in [1.807, 2.05) is 13.8 Å². The molecule has 0 unspecified atom stereocenters. The van der Waals surface area contributed by atoms with Crippen LogP contribution in [0.5, 0.6) is 5.75 Å². The summed E-state index contributed by atoms with van der Waals surface area (Å²) in [6.07, 6.45) is 1.94. The number of nitrogens with one attached hydrogen (secondary N) is 1. The second-order valence-electron chi connectivity index (χ2n) is 4.87. The van der Waals surface area contributed by atoms with Gasteiger partial charge in [-0.3, -0.25) is 10.1 Å². The summed E-state index contributed by atoms with van der Waals surface area (Å²) < 4.78 is 5.04. The number of nitro benzene ring substituents is 1. The van der Waals surface area contributed by atoms with E-state index in [1.165, 1.54) is 7.11 Å². The predicted molar refractivity (Wildman–Crippen MR) is 72.3 cm³/mol. The molecule has 18 heavy (non-hydrogen) atoms. The zero-order chi connectivity index (χ0) is 13.8. The lowest BCUT2D eigenvalue weighted by Gasteiger charge is -2.27. The summed E-state index contributed by atoms with van der Waals surface area (Å²) in [5, 5.41) is 14.4. The molecule has 0 saturated heterocycles. The summed E-state index contributed by atoms with van der Waals surface area (Å²) in [5.41, 5.74) is 0.299. The van der Waals surface area contributed by atoms with Crippen molar-refractivity contribution in [2.45, 2.75) is 39.2 Å². The number of ether oxygens (including phenoxy) is 1. The van der Waals surface area contributed by atoms with Gasteiger partial charge < -0.3 is 10.1 Å². The maximum Gasteiger partial charge on any atom is 0.333 e. The highest BCUT2D eigenvalue weighted by Gasteiger charge is 2.25. The highest BCUT2D eigenvalue weighted by molar-refractivity contribution is 5.69. The van der Waals surface area contributed by atoms with Crippen LogP contribution < -0.4 is 10.1 Å². The molecule has 0 radical (unpaired) electrons. The van der Waals surface area contributed by atoms with E-state index in [0.717, 1.165) is 12.8 Å². The molecule has 100 valence electrons. The van der Waals surface area contributed by atoms with Gasteiger partial charge in [-0.15, -0.1) is 0 Å². The number of anilines is 1. The number of rotatable bonds is 6. The standard InChI is InChI=1S/C13H20N2O3/c1-5-9-13(2,3)14-10-7-6-8-11(18-4)12(10)15(16)17/h6-8,14H,5,9H2,1-4H3. The van der Waals surface area contributed by atoms with Crippen molar-refractivity contribution in [1.82, 2.24) is 0 Å². The third-order valence-corrected chi connectivity index (χ3v) is 2.75. The van der Waals surface area contributed by atoms with Gasteiger partial charge in [0.25, 0.3) is 0 Å². The Morgan fingerprint density at radius 3 is 2.61 bits per heavy atom. The largest absolute Gasteiger partial charge is 0.490 e. The van der Waals surface area contributed by atoms with Crippen molar-refractivity contribution in [3.05, 3.63) is 28.3 Å². The van der Waals surface area contributed by atoms with Crippen molar-refractivity contribution in [1.29, 1.82) is 0 Å². The molecule has 0 heterocycles. The fraction of sp³-hybridized carbons (Fsp3) is 0.538. The summed E-state index contributed by atoms with van der Waals surface area (Å²) in [4.78, 5) is 10.7. The van der Waals surface area contributed by atoms with E-state index < -0.39 is 4.92 Å². The summed E-state index contributed by atoms with van der Waals surface area (Å²) in [6, 6.07) is 5.05. The van der Waals surface area contributed by atoms with Crippen LogP contribution in [-0.4, -0.2) is 17.6 Å². The number of nitrogens with zero attached hydrogens (tertiary/aromatic N) is 1. The molecular weight excluding hydrogens is 232 g/mol. The fourth-order valence-corrected chi connectivity index (χ4v) is 2.03. The van der Waals surface area contributed by atoms with E-state index >= 15 is 0 Å². The van der Waals surface area contributed by atoms with Crippen molar-refractivity contribution in [2.75, 3.05) is 12.4 Å². The number of methoxy groups -OCH3 is 1. The Hall–Kier alpha value is -1.78. The molecule has 0 fully saturated rings. The number of hydrogen-bond acceptors (Lipinski definition) is 4. The molecule has 1 rings (SSSR count). The van der Waals surface area contributed by atoms with Gasteiger partial charge in [0.1, 0.15) is 5.69 Å². The maximum absolute atomic E-state index is 11.1. The SMILES string of the molecule is CCCC(C)(C)Nc1cccc(OC)c1[N+](=O)[O-]. The van der Waals surface area contributed by atoms with Gasteiger partial charge in [0.2, 0.25) is 0 Å². The van der Waals surface area contributed by atoms with Crippen LogP contribution in [0.25, 0.3) is 0 Å². The molecule has 0 aliphatic heterocycles. The Bertz CT molecular complexity index is 430. The lowest BCUT2D eigenvalue weighted by molar-refractivity contribution is -0.384. The highest BCUT2D eigenvalue weighted by Crippen LogP contribution is 2.36. The van der Waals surface area contributed by atoms with Gasteiger partial charge in [0.15, 0.2) is 5.75 Å². The molecule has 0 saturated carbocycles. The van der Waals surface area contributed by atoms with E-state index in [-0.39, 0.29) is 17.0 Å². The first kappa shape index (κ1) is 14.3. The monoisotopic (exact) mass is 252 g/mol. The molecule has 0 aliphatic carbocycles. The molecule has 0 aromatic heterocycles. The second kappa shape index (κ2) is 5.71. The number of para-hydroxylation sites is 1. The quantitative estimate of drug-likeness (QED) is 0.620. The third kappa shape index (κ3) is 3.35. The zero-order valence-corrected chi connectivity index (χ0v) is 11.3. The summed E-state index contributed by atoms with van der Waals surface area (Å²) in [6.45, 7) is 6.14. The van der Waals surface area contributed by atoms with Crippen molar-refractivity contribution in [2.24, 2.45) is 0 Å². The number of nitro groups is 1. The van der Waals surface area contributed by atoms with Crippen LogP contribution in [0.4, 0.5) is 11.4 Å². The van der Waals surface area contributed by atoms with E-state index in [4.69, 9.17) is 4.74 Å². The Morgan fingerprint density at radius 1 is 1.44 bits per heavy atom. The Balaban J connectivity index is 3.12. The molecule has 0 amide bonds. The van der Waals surface area contributed by atoms with Crippen LogP contribution in [0, 0.1) is 10.1 Å². The van der Waals surface area contributed by atoms with Gasteiger partial charge >= 0.3 is 5.69 Å². The molecule has 1 N–H and O–H groups in total. The molecule has 1 aromatic carbocycles. The van der Waals surface area contributed by atoms with Crippen molar-refractivity contribution in [3.63, 3.8) is 0 Å². The lowest BCUT2D eigenvalue weighted by Crippen LogP contribution is -2.30. The highest BCUT2D eigenvalue weighted by atomic mass is 16.6. The Labute approximate surface area is 107 Å². The molecule has 5 heteroatoms. The summed E-state index contributed by atoms with van der Waals surface area (Å²) in [7, 11) is 1.43. The number of hydrogen-bond donors (Lipinski definition) is 1. The first-order chi connectivity index (χ1) is 8.41. The van der Waals surface area contributed by atoms with Crippen LogP contribution in [0.1, 0.15) is 33.6 Å². The summed E-state index contributed by atoms with van der Waals surface area (Å²) in [5.74, 6) is 0.275. The Morgan fingerprint density at radius 2 is 2.11 bits per heavy atom. The Kier molecular flexibility index (Phi) is 4.53. The molecule has 1 aromatic rings. The minimum atomic E-state index is -0.413. The van der Waals surface area contributed by atoms with Crippen LogP contribution in [0.3, 0.4) is 0 Å². The smallest absolute Gasteiger partial charge is 0.333 e. The van der Waals surface area contributed by atoms with Gasteiger partial charge in [0.05, 0.1) is 12.0 Å². The van der Waals surface area contributed by atoms with Crippen LogP contribution in [-0.2, 0) is 0 Å². The van der Waals surface area contributed by atoms with Gasteiger partial charge in [-0.1, -0.05) is 19.4 Å². The van der Waals surface area contributed by atoms with Gasteiger partial charge in [-0.25, -0.2) is 0 Å². The number of benzene rings is 1. The normalized spacial score (nSPS) is 11.1. The molecule has 0 aliphatic rings. The predicted octanol–water partition coefficient (Wildman–Crippen LogP) is 3.59. The molecule has 0 atom stereocenters. The van der Waals surface area contributed by atoms with Crippen LogP contribution >= 0.6 is 0 Å². The first-order valence-electron chi connectivity index (χ1n) is 6.01. The maximum atomic E-state index is 11.1. The van der Waals surface area contributed by atoms with E-state index in [9.17, 15) is 10.1 Å². The minimum absolute atomic E-state index is 0.0100. The van der Waals surface area contributed by atoms with Crippen molar-refractivity contribution in [3.8, 4) is 5.75 Å².